The lowest BCUT2D eigenvalue weighted by atomic mass is 10.0. The summed E-state index contributed by atoms with van der Waals surface area (Å²) in [6, 6.07) is 7.60. The second-order valence-corrected chi connectivity index (χ2v) is 7.37. The second kappa shape index (κ2) is 7.05. The van der Waals surface area contributed by atoms with Crippen LogP contribution in [0, 0.1) is 0 Å². The molecule has 1 aliphatic heterocycles. The summed E-state index contributed by atoms with van der Waals surface area (Å²) in [4.78, 5) is 21.0. The van der Waals surface area contributed by atoms with Crippen LogP contribution in [0.3, 0.4) is 0 Å². The van der Waals surface area contributed by atoms with Crippen molar-refractivity contribution in [1.82, 2.24) is 34.7 Å². The predicted octanol–water partition coefficient (Wildman–Crippen LogP) is 1.85. The first-order chi connectivity index (χ1) is 14.1. The number of rotatable bonds is 4. The molecule has 2 atom stereocenters. The molecule has 0 saturated carbocycles. The van der Waals surface area contributed by atoms with Gasteiger partial charge in [-0.05, 0) is 24.1 Å². The number of aryl methyl sites for hydroxylation is 1. The first kappa shape index (κ1) is 18.0. The van der Waals surface area contributed by atoms with E-state index in [9.17, 15) is 4.79 Å². The molecular weight excluding hydrogens is 398 g/mol. The van der Waals surface area contributed by atoms with Gasteiger partial charge >= 0.3 is 0 Å². The van der Waals surface area contributed by atoms with Crippen molar-refractivity contribution < 1.29 is 9.26 Å². The minimum absolute atomic E-state index is 0.00976. The van der Waals surface area contributed by atoms with Crippen LogP contribution in [0.25, 0.3) is 11.2 Å². The van der Waals surface area contributed by atoms with Crippen LogP contribution in [-0.2, 0) is 18.3 Å². The third-order valence-corrected chi connectivity index (χ3v) is 5.23. The van der Waals surface area contributed by atoms with Crippen molar-refractivity contribution >= 4 is 22.8 Å². The van der Waals surface area contributed by atoms with Crippen molar-refractivity contribution in [3.05, 3.63) is 63.2 Å². The molecule has 4 heterocycles. The smallest absolute Gasteiger partial charge is 0.296 e. The van der Waals surface area contributed by atoms with Gasteiger partial charge in [-0.3, -0.25) is 4.79 Å². The Morgan fingerprint density at radius 2 is 2.10 bits per heavy atom. The van der Waals surface area contributed by atoms with Crippen LogP contribution in [-0.4, -0.2) is 41.3 Å². The average Bonchev–Trinajstić information content (AvgIpc) is 3.45. The number of hydrogen-bond acceptors (Lipinski definition) is 8. The Morgan fingerprint density at radius 3 is 2.93 bits per heavy atom. The Kier molecular flexibility index (Phi) is 4.36. The summed E-state index contributed by atoms with van der Waals surface area (Å²) < 4.78 is 14.0. The highest BCUT2D eigenvalue weighted by Crippen LogP contribution is 2.37. The number of hydrogen-bond donors (Lipinski definition) is 0. The van der Waals surface area contributed by atoms with E-state index in [-0.39, 0.29) is 30.0 Å². The average molecular weight is 414 g/mol. The normalized spacial score (nSPS) is 19.2. The van der Waals surface area contributed by atoms with Crippen LogP contribution < -0.4 is 5.56 Å². The summed E-state index contributed by atoms with van der Waals surface area (Å²) in [5.41, 5.74) is 1.42. The lowest BCUT2D eigenvalue weighted by Gasteiger charge is -2.09. The van der Waals surface area contributed by atoms with E-state index in [1.165, 1.54) is 11.0 Å². The first-order valence-electron chi connectivity index (χ1n) is 9.03. The topological polar surface area (TPSA) is 114 Å². The number of fused-ring (bicyclic) bond motifs is 1. The van der Waals surface area contributed by atoms with Gasteiger partial charge in [0.25, 0.3) is 5.56 Å². The molecule has 0 N–H and O–H groups in total. The van der Waals surface area contributed by atoms with E-state index in [1.54, 1.807) is 11.6 Å². The van der Waals surface area contributed by atoms with E-state index < -0.39 is 0 Å². The third-order valence-electron chi connectivity index (χ3n) is 4.98. The quantitative estimate of drug-likeness (QED) is 0.498. The van der Waals surface area contributed by atoms with E-state index in [2.05, 4.69) is 25.4 Å². The van der Waals surface area contributed by atoms with Gasteiger partial charge in [0.2, 0.25) is 11.5 Å². The van der Waals surface area contributed by atoms with Crippen molar-refractivity contribution in [2.45, 2.75) is 25.0 Å². The summed E-state index contributed by atoms with van der Waals surface area (Å²) >= 11 is 5.95. The first-order valence-corrected chi connectivity index (χ1v) is 9.40. The maximum Gasteiger partial charge on any atom is 0.296 e. The molecule has 0 aliphatic carbocycles. The Balaban J connectivity index is 1.32. The van der Waals surface area contributed by atoms with Crippen LogP contribution in [0.1, 0.15) is 35.7 Å². The zero-order valence-corrected chi connectivity index (χ0v) is 16.2. The lowest BCUT2D eigenvalue weighted by molar-refractivity contribution is 0.110. The van der Waals surface area contributed by atoms with E-state index in [1.807, 2.05) is 24.3 Å². The zero-order valence-electron chi connectivity index (χ0n) is 15.4. The summed E-state index contributed by atoms with van der Waals surface area (Å²) in [6.07, 6.45) is 2.22. The van der Waals surface area contributed by atoms with Gasteiger partial charge in [0.1, 0.15) is 6.54 Å². The molecule has 0 bridgehead atoms. The SMILES string of the molecule is Cn1cnc2nnn(Cc3nc([C@@H]4CO[C@@H](c5ccc(Cl)cc5)C4)no3)c(=O)c21. The van der Waals surface area contributed by atoms with E-state index in [4.69, 9.17) is 20.9 Å². The van der Waals surface area contributed by atoms with Gasteiger partial charge in [0, 0.05) is 18.0 Å². The van der Waals surface area contributed by atoms with Gasteiger partial charge < -0.3 is 13.8 Å². The Bertz CT molecular complexity index is 1230. The molecule has 11 heteroatoms. The molecule has 0 amide bonds. The predicted molar refractivity (Wildman–Crippen MR) is 101 cm³/mol. The lowest BCUT2D eigenvalue weighted by Crippen LogP contribution is -2.26. The molecule has 4 aromatic rings. The molecule has 0 unspecified atom stereocenters. The Hall–Kier alpha value is -3.11. The molecule has 1 fully saturated rings. The summed E-state index contributed by atoms with van der Waals surface area (Å²) in [6.45, 7) is 0.529. The number of benzene rings is 1. The molecular formula is C18H16ClN7O3. The maximum atomic E-state index is 12.6. The van der Waals surface area contributed by atoms with E-state index in [0.29, 0.717) is 28.6 Å². The standard InChI is InChI=1S/C18H16ClN7O3/c1-25-9-20-17-15(25)18(27)26(24-22-17)7-14-21-16(23-29-14)11-6-13(28-8-11)10-2-4-12(19)5-3-10/h2-5,9,11,13H,6-8H2,1H3/t11-,13+/m0/s1. The minimum atomic E-state index is -0.318. The summed E-state index contributed by atoms with van der Waals surface area (Å²) in [5.74, 6) is 0.850. The Morgan fingerprint density at radius 1 is 1.28 bits per heavy atom. The number of imidazole rings is 1. The van der Waals surface area contributed by atoms with Gasteiger partial charge in [-0.25, -0.2) is 4.98 Å². The number of aromatic nitrogens is 7. The molecule has 1 aliphatic rings. The van der Waals surface area contributed by atoms with Crippen LogP contribution in [0.5, 0.6) is 0 Å². The maximum absolute atomic E-state index is 12.6. The van der Waals surface area contributed by atoms with Crippen molar-refractivity contribution in [2.75, 3.05) is 6.61 Å². The molecule has 5 rings (SSSR count). The highest BCUT2D eigenvalue weighted by atomic mass is 35.5. The van der Waals surface area contributed by atoms with Gasteiger partial charge in [-0.2, -0.15) is 9.67 Å². The summed E-state index contributed by atoms with van der Waals surface area (Å²) in [5, 5.41) is 12.6. The highest BCUT2D eigenvalue weighted by Gasteiger charge is 2.31. The van der Waals surface area contributed by atoms with Crippen molar-refractivity contribution in [2.24, 2.45) is 7.05 Å². The molecule has 0 spiro atoms. The Labute approximate surface area is 169 Å². The molecule has 148 valence electrons. The van der Waals surface area contributed by atoms with Gasteiger partial charge in [-0.15, -0.1) is 5.10 Å². The molecule has 3 aromatic heterocycles. The second-order valence-electron chi connectivity index (χ2n) is 6.93. The van der Waals surface area contributed by atoms with Gasteiger partial charge in [0.05, 0.1) is 19.0 Å². The monoisotopic (exact) mass is 413 g/mol. The molecule has 29 heavy (non-hydrogen) atoms. The fraction of sp³-hybridized carbons (Fsp3) is 0.333. The van der Waals surface area contributed by atoms with E-state index in [0.717, 1.165) is 12.0 Å². The molecule has 1 aromatic carbocycles. The number of ether oxygens (including phenoxy) is 1. The highest BCUT2D eigenvalue weighted by molar-refractivity contribution is 6.30. The van der Waals surface area contributed by atoms with Crippen molar-refractivity contribution in [3.8, 4) is 0 Å². The van der Waals surface area contributed by atoms with Crippen molar-refractivity contribution in [1.29, 1.82) is 0 Å². The van der Waals surface area contributed by atoms with Crippen LogP contribution in [0.2, 0.25) is 5.02 Å². The van der Waals surface area contributed by atoms with E-state index >= 15 is 0 Å². The van der Waals surface area contributed by atoms with Gasteiger partial charge in [-0.1, -0.05) is 34.1 Å². The number of nitrogens with zero attached hydrogens (tertiary/aromatic N) is 7. The fourth-order valence-electron chi connectivity index (χ4n) is 3.44. The van der Waals surface area contributed by atoms with Crippen LogP contribution in [0.4, 0.5) is 0 Å². The van der Waals surface area contributed by atoms with Gasteiger partial charge in [0.15, 0.2) is 11.3 Å². The minimum Gasteiger partial charge on any atom is -0.373 e. The largest absolute Gasteiger partial charge is 0.373 e. The van der Waals surface area contributed by atoms with Crippen molar-refractivity contribution in [3.63, 3.8) is 0 Å². The van der Waals surface area contributed by atoms with Crippen LogP contribution in [0.15, 0.2) is 39.9 Å². The molecule has 0 radical (unpaired) electrons. The third kappa shape index (κ3) is 3.30. The zero-order chi connectivity index (χ0) is 20.0. The molecule has 10 nitrogen and oxygen atoms in total. The summed E-state index contributed by atoms with van der Waals surface area (Å²) in [7, 11) is 1.73. The number of halogens is 1. The van der Waals surface area contributed by atoms with Crippen LogP contribution >= 0.6 is 11.6 Å². The fourth-order valence-corrected chi connectivity index (χ4v) is 3.57. The molecule has 1 saturated heterocycles.